The van der Waals surface area contributed by atoms with Crippen molar-refractivity contribution in [2.45, 2.75) is 11.8 Å². The van der Waals surface area contributed by atoms with Crippen molar-refractivity contribution in [2.75, 3.05) is 26.2 Å². The SMILES string of the molecule is Cc1ccc2ncc(C(=O)N3CCN(S(=O)(=O)c4ccc5ccccc5c4)CC3)c(=O)n2c1. The van der Waals surface area contributed by atoms with Crippen molar-refractivity contribution in [1.29, 1.82) is 0 Å². The Kier molecular flexibility index (Phi) is 5.22. The first-order chi connectivity index (χ1) is 15.8. The second-order valence-corrected chi connectivity index (χ2v) is 10.1. The molecule has 0 unspecified atom stereocenters. The zero-order chi connectivity index (χ0) is 23.2. The van der Waals surface area contributed by atoms with Gasteiger partial charge in [-0.15, -0.1) is 0 Å². The number of hydrogen-bond acceptors (Lipinski definition) is 5. The maximum Gasteiger partial charge on any atom is 0.270 e. The van der Waals surface area contributed by atoms with Gasteiger partial charge >= 0.3 is 0 Å². The number of piperazine rings is 1. The Morgan fingerprint density at radius 1 is 0.939 bits per heavy atom. The quantitative estimate of drug-likeness (QED) is 0.466. The van der Waals surface area contributed by atoms with Crippen molar-refractivity contribution < 1.29 is 13.2 Å². The van der Waals surface area contributed by atoms with Gasteiger partial charge in [-0.2, -0.15) is 4.31 Å². The van der Waals surface area contributed by atoms with E-state index in [1.54, 1.807) is 30.5 Å². The van der Waals surface area contributed by atoms with Gasteiger partial charge in [0.15, 0.2) is 0 Å². The summed E-state index contributed by atoms with van der Waals surface area (Å²) in [4.78, 5) is 31.8. The van der Waals surface area contributed by atoms with Crippen molar-refractivity contribution in [2.24, 2.45) is 0 Å². The van der Waals surface area contributed by atoms with Crippen LogP contribution < -0.4 is 5.56 Å². The molecule has 1 aliphatic heterocycles. The van der Waals surface area contributed by atoms with Gasteiger partial charge in [0.25, 0.3) is 11.5 Å². The molecule has 5 rings (SSSR count). The summed E-state index contributed by atoms with van der Waals surface area (Å²) in [6, 6.07) is 16.2. The molecule has 2 aromatic carbocycles. The zero-order valence-corrected chi connectivity index (χ0v) is 18.8. The molecule has 0 aliphatic carbocycles. The molecule has 168 valence electrons. The van der Waals surface area contributed by atoms with E-state index in [2.05, 4.69) is 4.98 Å². The van der Waals surface area contributed by atoms with E-state index < -0.39 is 21.5 Å². The highest BCUT2D eigenvalue weighted by Crippen LogP contribution is 2.23. The number of sulfonamides is 1. The fraction of sp³-hybridized carbons (Fsp3) is 0.208. The largest absolute Gasteiger partial charge is 0.336 e. The van der Waals surface area contributed by atoms with E-state index in [9.17, 15) is 18.0 Å². The van der Waals surface area contributed by atoms with Crippen LogP contribution in [-0.4, -0.2) is 59.1 Å². The molecule has 0 bridgehead atoms. The Morgan fingerprint density at radius 3 is 2.42 bits per heavy atom. The minimum atomic E-state index is -3.69. The number of benzene rings is 2. The van der Waals surface area contributed by atoms with Gasteiger partial charge in [0.1, 0.15) is 11.2 Å². The van der Waals surface area contributed by atoms with Gasteiger partial charge in [-0.25, -0.2) is 13.4 Å². The van der Waals surface area contributed by atoms with Gasteiger partial charge in [-0.05, 0) is 41.5 Å². The predicted octanol–water partition coefficient (Wildman–Crippen LogP) is 2.30. The van der Waals surface area contributed by atoms with Crippen molar-refractivity contribution in [1.82, 2.24) is 18.6 Å². The van der Waals surface area contributed by atoms with E-state index in [0.717, 1.165) is 16.3 Å². The first-order valence-electron chi connectivity index (χ1n) is 10.6. The molecule has 33 heavy (non-hydrogen) atoms. The number of carbonyl (C=O) groups is 1. The number of aryl methyl sites for hydroxylation is 1. The number of hydrogen-bond donors (Lipinski definition) is 0. The highest BCUT2D eigenvalue weighted by Gasteiger charge is 2.31. The molecular weight excluding hydrogens is 440 g/mol. The minimum Gasteiger partial charge on any atom is -0.336 e. The van der Waals surface area contributed by atoms with E-state index >= 15 is 0 Å². The Hall–Kier alpha value is -3.56. The number of fused-ring (bicyclic) bond motifs is 2. The molecule has 0 spiro atoms. The molecule has 8 nitrogen and oxygen atoms in total. The maximum atomic E-state index is 13.2. The fourth-order valence-electron chi connectivity index (χ4n) is 4.11. The molecule has 2 aromatic heterocycles. The number of pyridine rings is 1. The molecule has 0 N–H and O–H groups in total. The summed E-state index contributed by atoms with van der Waals surface area (Å²) in [7, 11) is -3.69. The van der Waals surface area contributed by atoms with Crippen LogP contribution in [0.1, 0.15) is 15.9 Å². The summed E-state index contributed by atoms with van der Waals surface area (Å²) in [5.74, 6) is -0.439. The first kappa shape index (κ1) is 21.3. The molecule has 0 atom stereocenters. The molecule has 1 aliphatic rings. The standard InChI is InChI=1S/C24H22N4O4S/c1-17-6-9-22-25-15-21(24(30)28(22)16-17)23(29)26-10-12-27(13-11-26)33(31,32)20-8-7-18-4-2-3-5-19(18)14-20/h2-9,14-16H,10-13H2,1H3. The van der Waals surface area contributed by atoms with Crippen LogP contribution in [0.2, 0.25) is 0 Å². The van der Waals surface area contributed by atoms with Crippen molar-refractivity contribution in [3.63, 3.8) is 0 Å². The fourth-order valence-corrected chi connectivity index (χ4v) is 5.57. The number of nitrogens with zero attached hydrogens (tertiary/aromatic N) is 4. The number of carbonyl (C=O) groups excluding carboxylic acids is 1. The van der Waals surface area contributed by atoms with Crippen LogP contribution in [0.4, 0.5) is 0 Å². The highest BCUT2D eigenvalue weighted by molar-refractivity contribution is 7.89. The molecule has 0 saturated carbocycles. The van der Waals surface area contributed by atoms with Crippen LogP contribution in [0.15, 0.2) is 76.7 Å². The van der Waals surface area contributed by atoms with Crippen LogP contribution in [0.5, 0.6) is 0 Å². The van der Waals surface area contributed by atoms with E-state index in [-0.39, 0.29) is 36.6 Å². The Morgan fingerprint density at radius 2 is 1.67 bits per heavy atom. The Balaban J connectivity index is 1.35. The zero-order valence-electron chi connectivity index (χ0n) is 18.0. The lowest BCUT2D eigenvalue weighted by Gasteiger charge is -2.34. The van der Waals surface area contributed by atoms with Crippen LogP contribution in [0.25, 0.3) is 16.4 Å². The van der Waals surface area contributed by atoms with Gasteiger partial charge < -0.3 is 4.90 Å². The molecular formula is C24H22N4O4S. The molecule has 1 fully saturated rings. The van der Waals surface area contributed by atoms with Gasteiger partial charge in [0.2, 0.25) is 10.0 Å². The van der Waals surface area contributed by atoms with E-state index in [4.69, 9.17) is 0 Å². The molecule has 1 saturated heterocycles. The Labute approximate surface area is 190 Å². The van der Waals surface area contributed by atoms with Gasteiger partial charge in [-0.1, -0.05) is 36.4 Å². The van der Waals surface area contributed by atoms with E-state index in [0.29, 0.717) is 5.65 Å². The lowest BCUT2D eigenvalue weighted by atomic mass is 10.1. The average Bonchev–Trinajstić information content (AvgIpc) is 2.84. The van der Waals surface area contributed by atoms with Gasteiger partial charge in [0, 0.05) is 38.6 Å². The van der Waals surface area contributed by atoms with Gasteiger partial charge in [-0.3, -0.25) is 14.0 Å². The number of rotatable bonds is 3. The lowest BCUT2D eigenvalue weighted by molar-refractivity contribution is 0.0695. The molecule has 4 aromatic rings. The van der Waals surface area contributed by atoms with Crippen LogP contribution >= 0.6 is 0 Å². The Bertz CT molecular complexity index is 1550. The average molecular weight is 463 g/mol. The monoisotopic (exact) mass is 462 g/mol. The van der Waals surface area contributed by atoms with Gasteiger partial charge in [0.05, 0.1) is 4.90 Å². The van der Waals surface area contributed by atoms with E-state index in [1.165, 1.54) is 19.8 Å². The summed E-state index contributed by atoms with van der Waals surface area (Å²) < 4.78 is 29.1. The maximum absolute atomic E-state index is 13.2. The minimum absolute atomic E-state index is 0.0241. The highest BCUT2D eigenvalue weighted by atomic mass is 32.2. The summed E-state index contributed by atoms with van der Waals surface area (Å²) in [6.45, 7) is 2.56. The second kappa shape index (κ2) is 8.09. The third kappa shape index (κ3) is 3.79. The molecule has 9 heteroatoms. The van der Waals surface area contributed by atoms with Crippen molar-refractivity contribution in [3.05, 3.63) is 88.5 Å². The summed E-state index contributed by atoms with van der Waals surface area (Å²) >= 11 is 0. The second-order valence-electron chi connectivity index (χ2n) is 8.12. The first-order valence-corrected chi connectivity index (χ1v) is 12.0. The number of aromatic nitrogens is 2. The topological polar surface area (TPSA) is 92.1 Å². The third-order valence-corrected chi connectivity index (χ3v) is 7.86. The van der Waals surface area contributed by atoms with Crippen LogP contribution in [-0.2, 0) is 10.0 Å². The molecule has 3 heterocycles. The molecule has 1 amide bonds. The predicted molar refractivity (Wildman–Crippen MR) is 125 cm³/mol. The van der Waals surface area contributed by atoms with Crippen molar-refractivity contribution >= 4 is 32.4 Å². The summed E-state index contributed by atoms with van der Waals surface area (Å²) in [6.07, 6.45) is 2.95. The normalized spacial score (nSPS) is 15.2. The van der Waals surface area contributed by atoms with E-state index in [1.807, 2.05) is 37.3 Å². The lowest BCUT2D eigenvalue weighted by Crippen LogP contribution is -2.51. The van der Waals surface area contributed by atoms with Crippen LogP contribution in [0, 0.1) is 6.92 Å². The summed E-state index contributed by atoms with van der Waals surface area (Å²) in [5.41, 5.74) is 0.890. The smallest absolute Gasteiger partial charge is 0.270 e. The number of amides is 1. The van der Waals surface area contributed by atoms with Crippen LogP contribution in [0.3, 0.4) is 0 Å². The third-order valence-electron chi connectivity index (χ3n) is 5.96. The summed E-state index contributed by atoms with van der Waals surface area (Å²) in [5, 5.41) is 1.82. The molecule has 0 radical (unpaired) electrons. The van der Waals surface area contributed by atoms with Crippen molar-refractivity contribution in [3.8, 4) is 0 Å².